The molecule has 0 unspecified atom stereocenters. The molecule has 0 aliphatic carbocycles. The summed E-state index contributed by atoms with van der Waals surface area (Å²) in [6.45, 7) is 0. The van der Waals surface area contributed by atoms with Crippen LogP contribution in [0.3, 0.4) is 0 Å². The lowest BCUT2D eigenvalue weighted by molar-refractivity contribution is -1.63. The molecular weight excluding hydrogens is 249 g/mol. The Morgan fingerprint density at radius 1 is 1.10 bits per heavy atom. The van der Waals surface area contributed by atoms with Crippen LogP contribution in [0.5, 0.6) is 0 Å². The molecule has 1 N–H and O–H groups in total. The molecule has 0 saturated carbocycles. The molecule has 0 radical (unpaired) electrons. The fourth-order valence-corrected chi connectivity index (χ4v) is 0.313. The van der Waals surface area contributed by atoms with Crippen LogP contribution >= 0.6 is 0 Å². The van der Waals surface area contributed by atoms with Gasteiger partial charge in [0.1, 0.15) is 0 Å². The first kappa shape index (κ1) is 9.76. The molecule has 0 fully saturated rings. The minimum absolute atomic E-state index is 1.75. The summed E-state index contributed by atoms with van der Waals surface area (Å²) in [5, 5.41) is 0. The molecule has 0 aliphatic rings. The Kier molecular flexibility index (Phi) is 6.71. The van der Waals surface area contributed by atoms with Crippen LogP contribution in [-0.2, 0) is 0 Å². The molecule has 56 valence electrons. The van der Waals surface area contributed by atoms with Crippen molar-refractivity contribution < 1.29 is 31.4 Å². The second-order valence-electron chi connectivity index (χ2n) is 1.23. The van der Waals surface area contributed by atoms with E-state index in [1.807, 2.05) is 18.2 Å². The second kappa shape index (κ2) is 6.87. The van der Waals surface area contributed by atoms with E-state index in [9.17, 15) is 0 Å². The van der Waals surface area contributed by atoms with Gasteiger partial charge in [-0.3, -0.25) is 4.98 Å². The van der Waals surface area contributed by atoms with Crippen molar-refractivity contribution in [1.29, 1.82) is 0 Å². The number of hydrogen-bond acceptors (Lipinski definition) is 4. The fourth-order valence-electron chi connectivity index (χ4n) is 0.313. The molecule has 5 heteroatoms. The smallest absolute Gasteiger partial charge is 0.396 e. The highest BCUT2D eigenvalue weighted by Crippen LogP contribution is 1.73. The topological polar surface area (TPSA) is 79.2 Å². The van der Waals surface area contributed by atoms with Crippen molar-refractivity contribution in [3.8, 4) is 0 Å². The van der Waals surface area contributed by atoms with Gasteiger partial charge in [-0.15, -0.1) is 0 Å². The number of pyridine rings is 1. The molecule has 0 saturated heterocycles. The molecule has 1 aromatic rings. The summed E-state index contributed by atoms with van der Waals surface area (Å²) in [6, 6.07) is 5.72. The number of halogens is 1. The lowest BCUT2D eigenvalue weighted by Crippen LogP contribution is -3.98. The Labute approximate surface area is 67.2 Å². The Balaban J connectivity index is 0.000000180. The third-order valence-electron chi connectivity index (χ3n) is 0.566. The Hall–Kier alpha value is -0.240. The summed E-state index contributed by atoms with van der Waals surface area (Å²) in [5.74, 6) is 0. The maximum atomic E-state index is 8.68. The van der Waals surface area contributed by atoms with Crippen molar-refractivity contribution in [1.82, 2.24) is 4.98 Å². The molecule has 0 aliphatic heterocycles. The molecule has 0 amide bonds. The van der Waals surface area contributed by atoms with E-state index >= 15 is 0 Å². The molecule has 10 heavy (non-hydrogen) atoms. The van der Waals surface area contributed by atoms with E-state index in [2.05, 4.69) is 4.98 Å². The van der Waals surface area contributed by atoms with Crippen LogP contribution in [0.15, 0.2) is 30.6 Å². The second-order valence-corrected chi connectivity index (χ2v) is 2.37. The van der Waals surface area contributed by atoms with Gasteiger partial charge in [0.2, 0.25) is 0 Å². The summed E-state index contributed by atoms with van der Waals surface area (Å²) >= 11 is -3.76. The first-order valence-corrected chi connectivity index (χ1v) is 5.05. The lowest BCUT2D eigenvalue weighted by Gasteiger charge is -1.70. The highest BCUT2D eigenvalue weighted by atomic mass is 127. The van der Waals surface area contributed by atoms with E-state index in [0.717, 1.165) is 0 Å². The minimum atomic E-state index is -3.76. The van der Waals surface area contributed by atoms with Crippen molar-refractivity contribution >= 4 is 0 Å². The Morgan fingerprint density at radius 2 is 1.50 bits per heavy atom. The van der Waals surface area contributed by atoms with Crippen LogP contribution in [0.2, 0.25) is 0 Å². The average molecular weight is 255 g/mol. The number of rotatable bonds is 0. The Bertz CT molecular complexity index is 117. The molecule has 0 spiro atoms. The van der Waals surface area contributed by atoms with Gasteiger partial charge in [-0.25, -0.2) is 0 Å². The van der Waals surface area contributed by atoms with Crippen molar-refractivity contribution in [2.24, 2.45) is 0 Å². The van der Waals surface area contributed by atoms with Crippen molar-refractivity contribution in [2.45, 2.75) is 0 Å². The number of nitrogens with zero attached hydrogens (tertiary/aromatic N) is 1. The van der Waals surface area contributed by atoms with Crippen LogP contribution in [0, 0.1) is 0 Å². The summed E-state index contributed by atoms with van der Waals surface area (Å²) in [4.78, 5) is 3.78. The van der Waals surface area contributed by atoms with Crippen LogP contribution in [-0.4, -0.2) is 8.42 Å². The van der Waals surface area contributed by atoms with Gasteiger partial charge in [0.15, 0.2) is 0 Å². The van der Waals surface area contributed by atoms with Crippen molar-refractivity contribution in [3.63, 3.8) is 0 Å². The van der Waals surface area contributed by atoms with Crippen LogP contribution in [0.4, 0.5) is 0 Å². The maximum Gasteiger partial charge on any atom is 0.503 e. The van der Waals surface area contributed by atoms with E-state index in [4.69, 9.17) is 10.3 Å². The van der Waals surface area contributed by atoms with Crippen LogP contribution < -0.4 is 27.9 Å². The molecule has 0 aromatic carbocycles. The summed E-state index contributed by atoms with van der Waals surface area (Å²) in [6.07, 6.45) is 3.50. The van der Waals surface area contributed by atoms with Crippen molar-refractivity contribution in [3.05, 3.63) is 30.6 Å². The standard InChI is InChI=1S/C5H5N.HIO3/c1-2-4-6-5-3-1;2-1(3)4/h1-5H;2H. The van der Waals surface area contributed by atoms with Gasteiger partial charge in [-0.2, -0.15) is 0 Å². The van der Waals surface area contributed by atoms with Gasteiger partial charge in [0.05, 0.1) is 0 Å². The number of aromatic nitrogens is 1. The van der Waals surface area contributed by atoms with E-state index < -0.39 is 21.1 Å². The zero-order valence-corrected chi connectivity index (χ0v) is 7.13. The zero-order valence-electron chi connectivity index (χ0n) is 4.98. The first-order valence-electron chi connectivity index (χ1n) is 2.33. The number of hydrogen-bond donors (Lipinski definition) is 1. The largest absolute Gasteiger partial charge is 0.503 e. The van der Waals surface area contributed by atoms with Gasteiger partial charge < -0.3 is 6.87 Å². The fraction of sp³-hybridized carbons (Fsp3) is 0. The molecule has 4 nitrogen and oxygen atoms in total. The molecule has 1 rings (SSSR count). The molecule has 0 atom stereocenters. The summed E-state index contributed by atoms with van der Waals surface area (Å²) in [5.41, 5.74) is 0. The van der Waals surface area contributed by atoms with E-state index in [1.54, 1.807) is 12.4 Å². The molecular formula is C5H6INO3. The molecule has 0 bridgehead atoms. The van der Waals surface area contributed by atoms with E-state index in [1.165, 1.54) is 0 Å². The Morgan fingerprint density at radius 3 is 1.60 bits per heavy atom. The van der Waals surface area contributed by atoms with E-state index in [-0.39, 0.29) is 0 Å². The first-order chi connectivity index (χ1) is 4.73. The minimum Gasteiger partial charge on any atom is -0.396 e. The predicted octanol–water partition coefficient (Wildman–Crippen LogP) is -4.85. The maximum absolute atomic E-state index is 8.68. The summed E-state index contributed by atoms with van der Waals surface area (Å²) < 4.78 is 24.5. The van der Waals surface area contributed by atoms with E-state index in [0.29, 0.717) is 0 Å². The molecule has 1 heterocycles. The third-order valence-corrected chi connectivity index (χ3v) is 0.566. The average Bonchev–Trinajstić information content (AvgIpc) is 1.90. The van der Waals surface area contributed by atoms with Gasteiger partial charge in [0.25, 0.3) is 0 Å². The lowest BCUT2D eigenvalue weighted by atomic mass is 10.5. The van der Waals surface area contributed by atoms with Gasteiger partial charge in [0, 0.05) is 12.4 Å². The summed E-state index contributed by atoms with van der Waals surface area (Å²) in [7, 11) is 0. The van der Waals surface area contributed by atoms with Crippen LogP contribution in [0.1, 0.15) is 0 Å². The predicted molar refractivity (Wildman–Crippen MR) is 26.5 cm³/mol. The normalized spacial score (nSPS) is 8.40. The van der Waals surface area contributed by atoms with Crippen molar-refractivity contribution in [2.75, 3.05) is 0 Å². The molecule has 1 aromatic heterocycles. The third kappa shape index (κ3) is 10.7. The van der Waals surface area contributed by atoms with Gasteiger partial charge in [-0.1, -0.05) is 6.07 Å². The van der Waals surface area contributed by atoms with Crippen LogP contribution in [0.25, 0.3) is 0 Å². The zero-order chi connectivity index (χ0) is 7.82. The SMILES string of the molecule is [O-][I+2]([O-])O.c1ccncc1. The van der Waals surface area contributed by atoms with Gasteiger partial charge >= 0.3 is 21.1 Å². The van der Waals surface area contributed by atoms with Gasteiger partial charge in [-0.05, 0) is 15.6 Å². The highest BCUT2D eigenvalue weighted by molar-refractivity contribution is 4.88. The quantitative estimate of drug-likeness (QED) is 0.471. The highest BCUT2D eigenvalue weighted by Gasteiger charge is 1.89. The monoisotopic (exact) mass is 255 g/mol.